The molecule has 1 aliphatic rings. The van der Waals surface area contributed by atoms with Crippen molar-refractivity contribution in [1.82, 2.24) is 4.98 Å². The Labute approximate surface area is 112 Å². The Morgan fingerprint density at radius 3 is 2.89 bits per heavy atom. The molecule has 0 spiro atoms. The van der Waals surface area contributed by atoms with Crippen LogP contribution in [0.4, 0.5) is 5.82 Å². The van der Waals surface area contributed by atoms with Crippen molar-refractivity contribution in [2.45, 2.75) is 29.9 Å². The zero-order chi connectivity index (χ0) is 12.4. The first-order valence-corrected chi connectivity index (χ1v) is 7.25. The fraction of sp³-hybridized carbons (Fsp3) is 0.267. The van der Waals surface area contributed by atoms with Crippen LogP contribution in [0.1, 0.15) is 23.1 Å². The molecule has 2 N–H and O–H groups in total. The Balaban J connectivity index is 1.70. The molecule has 1 aliphatic carbocycles. The smallest absolute Gasteiger partial charge is 0.123 e. The summed E-state index contributed by atoms with van der Waals surface area (Å²) in [6, 6.07) is 10.8. The van der Waals surface area contributed by atoms with Crippen molar-refractivity contribution in [1.29, 1.82) is 0 Å². The van der Waals surface area contributed by atoms with E-state index in [1.165, 1.54) is 40.8 Å². The third-order valence-electron chi connectivity index (χ3n) is 3.32. The summed E-state index contributed by atoms with van der Waals surface area (Å²) in [5.41, 5.74) is 9.98. The number of rotatable bonds is 3. The van der Waals surface area contributed by atoms with Crippen LogP contribution >= 0.6 is 11.8 Å². The Morgan fingerprint density at radius 1 is 1.11 bits per heavy atom. The molecule has 1 aromatic carbocycles. The van der Waals surface area contributed by atoms with Gasteiger partial charge in [-0.3, -0.25) is 0 Å². The lowest BCUT2D eigenvalue weighted by atomic mass is 10.1. The van der Waals surface area contributed by atoms with Crippen molar-refractivity contribution < 1.29 is 0 Å². The molecule has 1 heterocycles. The van der Waals surface area contributed by atoms with Crippen molar-refractivity contribution in [2.24, 2.45) is 0 Å². The summed E-state index contributed by atoms with van der Waals surface area (Å²) in [7, 11) is 0. The number of pyridine rings is 1. The number of hydrogen-bond donors (Lipinski definition) is 1. The van der Waals surface area contributed by atoms with Crippen molar-refractivity contribution in [2.75, 3.05) is 5.73 Å². The quantitative estimate of drug-likeness (QED) is 0.855. The van der Waals surface area contributed by atoms with Crippen molar-refractivity contribution in [3.05, 3.63) is 53.2 Å². The average Bonchev–Trinajstić information content (AvgIpc) is 2.84. The average molecular weight is 256 g/mol. The van der Waals surface area contributed by atoms with Gasteiger partial charge in [0.1, 0.15) is 5.82 Å². The second kappa shape index (κ2) is 5.02. The summed E-state index contributed by atoms with van der Waals surface area (Å²) >= 11 is 1.86. The summed E-state index contributed by atoms with van der Waals surface area (Å²) < 4.78 is 0. The number of nitrogens with zero attached hydrogens (tertiary/aromatic N) is 1. The summed E-state index contributed by atoms with van der Waals surface area (Å²) in [4.78, 5) is 5.36. The molecule has 1 aromatic heterocycles. The van der Waals surface area contributed by atoms with Gasteiger partial charge in [-0.05, 0) is 60.2 Å². The van der Waals surface area contributed by atoms with Crippen LogP contribution in [0.5, 0.6) is 0 Å². The highest BCUT2D eigenvalue weighted by Gasteiger charge is 2.10. The minimum atomic E-state index is 0.599. The Hall–Kier alpha value is -1.48. The minimum absolute atomic E-state index is 0.599. The zero-order valence-corrected chi connectivity index (χ0v) is 11.0. The highest BCUT2D eigenvalue weighted by Crippen LogP contribution is 2.29. The second-order valence-electron chi connectivity index (χ2n) is 4.66. The molecule has 92 valence electrons. The van der Waals surface area contributed by atoms with E-state index in [2.05, 4.69) is 23.2 Å². The standard InChI is InChI=1S/C15H16N2S/c16-15-8-11(6-7-17-15)10-18-14-5-4-12-2-1-3-13(12)9-14/h4-9H,1-3,10H2,(H2,16,17). The molecule has 3 rings (SSSR count). The molecule has 0 fully saturated rings. The number of aryl methyl sites for hydroxylation is 2. The predicted molar refractivity (Wildman–Crippen MR) is 76.7 cm³/mol. The van der Waals surface area contributed by atoms with E-state index in [4.69, 9.17) is 5.73 Å². The number of aromatic nitrogens is 1. The van der Waals surface area contributed by atoms with Gasteiger partial charge in [-0.25, -0.2) is 4.98 Å². The summed E-state index contributed by atoms with van der Waals surface area (Å²) in [6.07, 6.45) is 5.57. The van der Waals surface area contributed by atoms with Crippen LogP contribution in [0, 0.1) is 0 Å². The fourth-order valence-electron chi connectivity index (χ4n) is 2.39. The number of benzene rings is 1. The fourth-order valence-corrected chi connectivity index (χ4v) is 3.29. The van der Waals surface area contributed by atoms with Crippen LogP contribution in [-0.4, -0.2) is 4.98 Å². The molecule has 0 unspecified atom stereocenters. The number of hydrogen-bond acceptors (Lipinski definition) is 3. The summed E-state index contributed by atoms with van der Waals surface area (Å²) in [5.74, 6) is 1.55. The first-order valence-electron chi connectivity index (χ1n) is 6.26. The van der Waals surface area contributed by atoms with Gasteiger partial charge in [0.15, 0.2) is 0 Å². The lowest BCUT2D eigenvalue weighted by Crippen LogP contribution is -1.91. The SMILES string of the molecule is Nc1cc(CSc2ccc3c(c2)CCC3)ccn1. The van der Waals surface area contributed by atoms with Crippen LogP contribution in [0.25, 0.3) is 0 Å². The maximum atomic E-state index is 5.68. The molecule has 0 atom stereocenters. The summed E-state index contributed by atoms with van der Waals surface area (Å²) in [5, 5.41) is 0. The van der Waals surface area contributed by atoms with Gasteiger partial charge in [-0.15, -0.1) is 11.8 Å². The van der Waals surface area contributed by atoms with E-state index >= 15 is 0 Å². The highest BCUT2D eigenvalue weighted by molar-refractivity contribution is 7.98. The lowest BCUT2D eigenvalue weighted by molar-refractivity contribution is 0.911. The van der Waals surface area contributed by atoms with E-state index in [-0.39, 0.29) is 0 Å². The first kappa shape index (κ1) is 11.6. The van der Waals surface area contributed by atoms with Crippen LogP contribution < -0.4 is 5.73 Å². The van der Waals surface area contributed by atoms with Crippen LogP contribution in [0.15, 0.2) is 41.4 Å². The molecule has 0 radical (unpaired) electrons. The molecule has 0 aliphatic heterocycles. The van der Waals surface area contributed by atoms with Gasteiger partial charge in [-0.1, -0.05) is 6.07 Å². The van der Waals surface area contributed by atoms with E-state index in [1.807, 2.05) is 23.9 Å². The molecular formula is C15H16N2S. The van der Waals surface area contributed by atoms with E-state index in [1.54, 1.807) is 6.20 Å². The molecule has 2 nitrogen and oxygen atoms in total. The number of nitrogen functional groups attached to an aromatic ring is 1. The van der Waals surface area contributed by atoms with Gasteiger partial charge in [0.05, 0.1) is 0 Å². The Bertz CT molecular complexity index is 566. The largest absolute Gasteiger partial charge is 0.384 e. The van der Waals surface area contributed by atoms with Crippen molar-refractivity contribution in [3.8, 4) is 0 Å². The van der Waals surface area contributed by atoms with Crippen LogP contribution in [-0.2, 0) is 18.6 Å². The predicted octanol–water partition coefficient (Wildman–Crippen LogP) is 3.44. The van der Waals surface area contributed by atoms with Gasteiger partial charge in [-0.2, -0.15) is 0 Å². The number of anilines is 1. The van der Waals surface area contributed by atoms with E-state index in [0.29, 0.717) is 5.82 Å². The molecule has 0 saturated carbocycles. The molecule has 0 amide bonds. The topological polar surface area (TPSA) is 38.9 Å². The number of nitrogens with two attached hydrogens (primary N) is 1. The van der Waals surface area contributed by atoms with Gasteiger partial charge in [0.25, 0.3) is 0 Å². The second-order valence-corrected chi connectivity index (χ2v) is 5.71. The molecule has 0 saturated heterocycles. The first-order chi connectivity index (χ1) is 8.81. The van der Waals surface area contributed by atoms with Gasteiger partial charge in [0, 0.05) is 16.8 Å². The van der Waals surface area contributed by atoms with E-state index in [9.17, 15) is 0 Å². The molecule has 0 bridgehead atoms. The lowest BCUT2D eigenvalue weighted by Gasteiger charge is -2.05. The Kier molecular flexibility index (Phi) is 3.24. The molecule has 18 heavy (non-hydrogen) atoms. The van der Waals surface area contributed by atoms with Gasteiger partial charge < -0.3 is 5.73 Å². The monoisotopic (exact) mass is 256 g/mol. The number of thioether (sulfide) groups is 1. The van der Waals surface area contributed by atoms with Gasteiger partial charge in [0.2, 0.25) is 0 Å². The maximum Gasteiger partial charge on any atom is 0.123 e. The highest BCUT2D eigenvalue weighted by atomic mass is 32.2. The third-order valence-corrected chi connectivity index (χ3v) is 4.39. The molecule has 2 aromatic rings. The van der Waals surface area contributed by atoms with Gasteiger partial charge >= 0.3 is 0 Å². The zero-order valence-electron chi connectivity index (χ0n) is 10.2. The normalized spacial score (nSPS) is 13.6. The molecule has 3 heteroatoms. The maximum absolute atomic E-state index is 5.68. The minimum Gasteiger partial charge on any atom is -0.384 e. The van der Waals surface area contributed by atoms with Crippen molar-refractivity contribution in [3.63, 3.8) is 0 Å². The number of fused-ring (bicyclic) bond motifs is 1. The van der Waals surface area contributed by atoms with E-state index < -0.39 is 0 Å². The Morgan fingerprint density at radius 2 is 2.00 bits per heavy atom. The third kappa shape index (κ3) is 2.51. The van der Waals surface area contributed by atoms with Crippen LogP contribution in [0.2, 0.25) is 0 Å². The van der Waals surface area contributed by atoms with E-state index in [0.717, 1.165) is 5.75 Å². The van der Waals surface area contributed by atoms with Crippen LogP contribution in [0.3, 0.4) is 0 Å². The van der Waals surface area contributed by atoms with Crippen molar-refractivity contribution >= 4 is 17.6 Å². The summed E-state index contributed by atoms with van der Waals surface area (Å²) in [6.45, 7) is 0. The molecular weight excluding hydrogens is 240 g/mol.